The third kappa shape index (κ3) is 8.70. The summed E-state index contributed by atoms with van der Waals surface area (Å²) < 4.78 is 10.9. The van der Waals surface area contributed by atoms with Gasteiger partial charge < -0.3 is 5.32 Å². The van der Waals surface area contributed by atoms with Crippen LogP contribution in [0.3, 0.4) is 0 Å². The predicted molar refractivity (Wildman–Crippen MR) is 65.1 cm³/mol. The molecule has 0 radical (unpaired) electrons. The molecule has 0 bridgehead atoms. The summed E-state index contributed by atoms with van der Waals surface area (Å²) in [4.78, 5) is 0. The van der Waals surface area contributed by atoms with Crippen molar-refractivity contribution in [1.82, 2.24) is 5.32 Å². The lowest BCUT2D eigenvalue weighted by Crippen LogP contribution is -2.36. The Morgan fingerprint density at radius 1 is 1.14 bits per heavy atom. The van der Waals surface area contributed by atoms with E-state index in [9.17, 15) is 4.21 Å². The summed E-state index contributed by atoms with van der Waals surface area (Å²) in [5, 5.41) is 3.53. The van der Waals surface area contributed by atoms with E-state index in [1.54, 1.807) is 6.26 Å². The maximum atomic E-state index is 10.9. The monoisotopic (exact) mass is 219 g/mol. The molecule has 0 spiro atoms. The third-order valence-corrected chi connectivity index (χ3v) is 3.04. The molecule has 0 aromatic carbocycles. The average Bonchev–Trinajstić information content (AvgIpc) is 1.98. The summed E-state index contributed by atoms with van der Waals surface area (Å²) in [5.74, 6) is 1.55. The molecular weight excluding hydrogens is 194 g/mol. The van der Waals surface area contributed by atoms with E-state index in [4.69, 9.17) is 0 Å². The summed E-state index contributed by atoms with van der Waals surface area (Å²) in [5.41, 5.74) is 0. The Morgan fingerprint density at radius 2 is 1.71 bits per heavy atom. The third-order valence-electron chi connectivity index (χ3n) is 2.23. The van der Waals surface area contributed by atoms with E-state index in [0.717, 1.165) is 18.1 Å². The van der Waals surface area contributed by atoms with Crippen molar-refractivity contribution in [2.75, 3.05) is 12.0 Å². The SMILES string of the molecule is CC(C)CC(C)NC(C)CCS(C)=O. The molecule has 0 aliphatic carbocycles. The molecule has 2 nitrogen and oxygen atoms in total. The fourth-order valence-electron chi connectivity index (χ4n) is 1.69. The number of hydrogen-bond acceptors (Lipinski definition) is 2. The van der Waals surface area contributed by atoms with Gasteiger partial charge in [0, 0.05) is 34.9 Å². The Hall–Kier alpha value is 0.110. The van der Waals surface area contributed by atoms with Crippen LogP contribution in [0.5, 0.6) is 0 Å². The van der Waals surface area contributed by atoms with Crippen molar-refractivity contribution in [2.45, 2.75) is 52.6 Å². The van der Waals surface area contributed by atoms with Crippen LogP contribution in [-0.4, -0.2) is 28.3 Å². The molecule has 3 heteroatoms. The second-order valence-electron chi connectivity index (χ2n) is 4.66. The lowest BCUT2D eigenvalue weighted by atomic mass is 10.0. The quantitative estimate of drug-likeness (QED) is 0.711. The summed E-state index contributed by atoms with van der Waals surface area (Å²) in [6.07, 6.45) is 3.98. The number of hydrogen-bond donors (Lipinski definition) is 1. The van der Waals surface area contributed by atoms with Crippen LogP contribution in [0.25, 0.3) is 0 Å². The van der Waals surface area contributed by atoms with Gasteiger partial charge in [0.1, 0.15) is 0 Å². The Labute approximate surface area is 91.3 Å². The Bertz CT molecular complexity index is 171. The zero-order valence-electron chi connectivity index (χ0n) is 10.2. The Morgan fingerprint density at radius 3 is 2.14 bits per heavy atom. The number of rotatable bonds is 7. The van der Waals surface area contributed by atoms with Gasteiger partial charge in [-0.15, -0.1) is 0 Å². The van der Waals surface area contributed by atoms with Crippen LogP contribution in [0, 0.1) is 5.92 Å². The summed E-state index contributed by atoms with van der Waals surface area (Å²) >= 11 is 0. The van der Waals surface area contributed by atoms with Crippen LogP contribution in [0.4, 0.5) is 0 Å². The van der Waals surface area contributed by atoms with E-state index in [1.165, 1.54) is 6.42 Å². The maximum absolute atomic E-state index is 10.9. The van der Waals surface area contributed by atoms with Crippen LogP contribution in [0.15, 0.2) is 0 Å². The highest BCUT2D eigenvalue weighted by Gasteiger charge is 2.09. The predicted octanol–water partition coefficient (Wildman–Crippen LogP) is 2.17. The van der Waals surface area contributed by atoms with Crippen LogP contribution < -0.4 is 5.32 Å². The molecule has 3 atom stereocenters. The van der Waals surface area contributed by atoms with E-state index in [1.807, 2.05) is 0 Å². The summed E-state index contributed by atoms with van der Waals surface area (Å²) in [7, 11) is -0.652. The molecule has 3 unspecified atom stereocenters. The lowest BCUT2D eigenvalue weighted by Gasteiger charge is -2.21. The fraction of sp³-hybridized carbons (Fsp3) is 1.00. The zero-order valence-corrected chi connectivity index (χ0v) is 11.0. The molecule has 86 valence electrons. The first-order valence-electron chi connectivity index (χ1n) is 5.48. The number of nitrogens with one attached hydrogen (secondary N) is 1. The van der Waals surface area contributed by atoms with Crippen molar-refractivity contribution in [3.05, 3.63) is 0 Å². The van der Waals surface area contributed by atoms with Crippen molar-refractivity contribution < 1.29 is 4.21 Å². The molecule has 0 heterocycles. The molecule has 0 aliphatic heterocycles. The van der Waals surface area contributed by atoms with Gasteiger partial charge in [-0.1, -0.05) is 13.8 Å². The zero-order chi connectivity index (χ0) is 11.1. The standard InChI is InChI=1S/C11H25NOS/c1-9(2)8-11(4)12-10(3)6-7-14(5)13/h9-12H,6-8H2,1-5H3. The second kappa shape index (κ2) is 7.41. The largest absolute Gasteiger partial charge is 0.312 e. The van der Waals surface area contributed by atoms with E-state index in [0.29, 0.717) is 12.1 Å². The van der Waals surface area contributed by atoms with Gasteiger partial charge in [0.15, 0.2) is 0 Å². The van der Waals surface area contributed by atoms with Crippen LogP contribution in [0.1, 0.15) is 40.5 Å². The molecule has 1 N–H and O–H groups in total. The molecule has 14 heavy (non-hydrogen) atoms. The van der Waals surface area contributed by atoms with Crippen LogP contribution in [0.2, 0.25) is 0 Å². The molecule has 0 aromatic rings. The first-order valence-corrected chi connectivity index (χ1v) is 7.20. The minimum absolute atomic E-state index is 0.479. The van der Waals surface area contributed by atoms with Gasteiger partial charge in [-0.3, -0.25) is 4.21 Å². The Kier molecular flexibility index (Phi) is 7.47. The summed E-state index contributed by atoms with van der Waals surface area (Å²) in [6, 6.07) is 1.04. The van der Waals surface area contributed by atoms with Crippen LogP contribution >= 0.6 is 0 Å². The van der Waals surface area contributed by atoms with E-state index >= 15 is 0 Å². The van der Waals surface area contributed by atoms with Gasteiger partial charge in [0.05, 0.1) is 0 Å². The van der Waals surface area contributed by atoms with Gasteiger partial charge in [-0.2, -0.15) is 0 Å². The van der Waals surface area contributed by atoms with Crippen molar-refractivity contribution in [1.29, 1.82) is 0 Å². The molecule has 0 rings (SSSR count). The van der Waals surface area contributed by atoms with Crippen molar-refractivity contribution in [3.63, 3.8) is 0 Å². The average molecular weight is 219 g/mol. The maximum Gasteiger partial charge on any atom is 0.0246 e. The van der Waals surface area contributed by atoms with E-state index in [2.05, 4.69) is 33.0 Å². The lowest BCUT2D eigenvalue weighted by molar-refractivity contribution is 0.397. The molecule has 0 amide bonds. The fourth-order valence-corrected chi connectivity index (χ4v) is 2.37. The van der Waals surface area contributed by atoms with Gasteiger partial charge >= 0.3 is 0 Å². The summed E-state index contributed by atoms with van der Waals surface area (Å²) in [6.45, 7) is 8.87. The van der Waals surface area contributed by atoms with Gasteiger partial charge in [-0.05, 0) is 32.6 Å². The highest BCUT2D eigenvalue weighted by molar-refractivity contribution is 7.84. The smallest absolute Gasteiger partial charge is 0.0246 e. The minimum atomic E-state index is -0.652. The van der Waals surface area contributed by atoms with Gasteiger partial charge in [0.25, 0.3) is 0 Å². The molecule has 0 aromatic heterocycles. The van der Waals surface area contributed by atoms with Crippen molar-refractivity contribution in [2.24, 2.45) is 5.92 Å². The topological polar surface area (TPSA) is 29.1 Å². The second-order valence-corrected chi connectivity index (χ2v) is 6.22. The highest BCUT2D eigenvalue weighted by atomic mass is 32.2. The molecule has 0 fully saturated rings. The first-order chi connectivity index (χ1) is 6.41. The van der Waals surface area contributed by atoms with E-state index in [-0.39, 0.29) is 0 Å². The van der Waals surface area contributed by atoms with Crippen molar-refractivity contribution in [3.8, 4) is 0 Å². The Balaban J connectivity index is 3.59. The van der Waals surface area contributed by atoms with Crippen LogP contribution in [-0.2, 0) is 10.8 Å². The van der Waals surface area contributed by atoms with Crippen molar-refractivity contribution >= 4 is 10.8 Å². The first kappa shape index (κ1) is 14.1. The molecule has 0 aliphatic rings. The van der Waals surface area contributed by atoms with E-state index < -0.39 is 10.8 Å². The molecule has 0 saturated carbocycles. The molecular formula is C11H25NOS. The van der Waals surface area contributed by atoms with Gasteiger partial charge in [0.2, 0.25) is 0 Å². The highest BCUT2D eigenvalue weighted by Crippen LogP contribution is 2.05. The normalized spacial score (nSPS) is 18.1. The minimum Gasteiger partial charge on any atom is -0.312 e. The molecule has 0 saturated heterocycles. The van der Waals surface area contributed by atoms with Gasteiger partial charge in [-0.25, -0.2) is 0 Å².